The molecule has 0 aliphatic heterocycles. The molecule has 0 radical (unpaired) electrons. The van der Waals surface area contributed by atoms with Crippen molar-refractivity contribution in [3.63, 3.8) is 0 Å². The number of hydrogen-bond acceptors (Lipinski definition) is 3. The first kappa shape index (κ1) is 23.5. The molecule has 0 unspecified atom stereocenters. The van der Waals surface area contributed by atoms with Crippen molar-refractivity contribution in [3.8, 4) is 5.75 Å². The molecule has 1 aliphatic rings. The van der Waals surface area contributed by atoms with Crippen LogP contribution in [0.2, 0.25) is 0 Å². The van der Waals surface area contributed by atoms with Gasteiger partial charge in [0.15, 0.2) is 5.96 Å². The molecule has 7 heteroatoms. The number of phenolic OH excluding ortho intramolecular Hbond substituents is 1. The van der Waals surface area contributed by atoms with Crippen molar-refractivity contribution in [1.82, 2.24) is 20.0 Å². The van der Waals surface area contributed by atoms with E-state index in [0.29, 0.717) is 18.2 Å². The fraction of sp³-hybridized carbons (Fsp3) is 0.545. The fourth-order valence-electron chi connectivity index (χ4n) is 4.13. The molecule has 0 amide bonds. The fourth-order valence-corrected chi connectivity index (χ4v) is 4.13. The van der Waals surface area contributed by atoms with E-state index in [1.54, 1.807) is 7.05 Å². The largest absolute Gasteiger partial charge is 0.508 e. The first-order valence-electron chi connectivity index (χ1n) is 10.2. The Morgan fingerprint density at radius 1 is 1.31 bits per heavy atom. The third-order valence-corrected chi connectivity index (χ3v) is 5.51. The molecule has 1 aliphatic carbocycles. The minimum atomic E-state index is 0. The quantitative estimate of drug-likeness (QED) is 0.363. The Bertz CT molecular complexity index is 859. The molecular weight excluding hydrogens is 477 g/mol. The second-order valence-electron chi connectivity index (χ2n) is 8.03. The van der Waals surface area contributed by atoms with Crippen molar-refractivity contribution in [2.24, 2.45) is 12.0 Å². The maximum atomic E-state index is 10.4. The maximum absolute atomic E-state index is 10.4. The number of guanidine groups is 1. The number of fused-ring (bicyclic) bond motifs is 1. The minimum absolute atomic E-state index is 0. The molecule has 160 valence electrons. The summed E-state index contributed by atoms with van der Waals surface area (Å²) < 4.78 is 1.88. The van der Waals surface area contributed by atoms with Gasteiger partial charge >= 0.3 is 0 Å². The zero-order valence-electron chi connectivity index (χ0n) is 18.2. The molecule has 3 rings (SSSR count). The van der Waals surface area contributed by atoms with Gasteiger partial charge in [-0.25, -0.2) is 0 Å². The molecule has 1 heterocycles. The molecule has 0 saturated heterocycles. The number of hydrogen-bond donors (Lipinski definition) is 2. The molecule has 0 spiro atoms. The molecule has 6 nitrogen and oxygen atoms in total. The summed E-state index contributed by atoms with van der Waals surface area (Å²) in [5.74, 6) is 1.57. The second kappa shape index (κ2) is 10.3. The van der Waals surface area contributed by atoms with Gasteiger partial charge in [0.1, 0.15) is 5.75 Å². The van der Waals surface area contributed by atoms with Gasteiger partial charge in [0.2, 0.25) is 0 Å². The average Bonchev–Trinajstić information content (AvgIpc) is 3.04. The molecule has 1 aromatic carbocycles. The highest BCUT2D eigenvalue weighted by molar-refractivity contribution is 14.0. The highest BCUT2D eigenvalue weighted by Crippen LogP contribution is 2.30. The van der Waals surface area contributed by atoms with Gasteiger partial charge in [0.25, 0.3) is 0 Å². The van der Waals surface area contributed by atoms with Crippen LogP contribution >= 0.6 is 24.0 Å². The molecular formula is C22H34IN5O. The van der Waals surface area contributed by atoms with Crippen molar-refractivity contribution >= 4 is 29.9 Å². The number of aliphatic imine (C=N–C) groups is 1. The Kier molecular flexibility index (Phi) is 8.36. The molecule has 0 atom stereocenters. The Hall–Kier alpha value is -1.77. The van der Waals surface area contributed by atoms with Crippen LogP contribution < -0.4 is 5.32 Å². The third-order valence-electron chi connectivity index (χ3n) is 5.51. The number of nitrogens with one attached hydrogen (secondary N) is 1. The predicted molar refractivity (Wildman–Crippen MR) is 129 cm³/mol. The van der Waals surface area contributed by atoms with Gasteiger partial charge in [0.05, 0.1) is 5.69 Å². The van der Waals surface area contributed by atoms with Crippen LogP contribution in [0, 0.1) is 0 Å². The van der Waals surface area contributed by atoms with E-state index in [9.17, 15) is 5.11 Å². The summed E-state index contributed by atoms with van der Waals surface area (Å²) in [5, 5.41) is 18.5. The Morgan fingerprint density at radius 2 is 2.03 bits per heavy atom. The van der Waals surface area contributed by atoms with Crippen LogP contribution in [0.25, 0.3) is 0 Å². The van der Waals surface area contributed by atoms with Gasteiger partial charge < -0.3 is 15.3 Å². The normalized spacial score (nSPS) is 13.8. The van der Waals surface area contributed by atoms with Crippen molar-refractivity contribution < 1.29 is 5.11 Å². The molecule has 0 bridgehead atoms. The average molecular weight is 511 g/mol. The number of aromatic hydroxyl groups is 1. The molecule has 29 heavy (non-hydrogen) atoms. The van der Waals surface area contributed by atoms with E-state index < -0.39 is 0 Å². The minimum Gasteiger partial charge on any atom is -0.508 e. The summed E-state index contributed by atoms with van der Waals surface area (Å²) >= 11 is 0. The lowest BCUT2D eigenvalue weighted by Crippen LogP contribution is -2.38. The van der Waals surface area contributed by atoms with Crippen molar-refractivity contribution in [2.75, 3.05) is 14.1 Å². The zero-order chi connectivity index (χ0) is 20.3. The molecule has 1 aromatic heterocycles. The number of phenols is 1. The van der Waals surface area contributed by atoms with Crippen molar-refractivity contribution in [3.05, 3.63) is 46.3 Å². The van der Waals surface area contributed by atoms with Gasteiger partial charge in [0, 0.05) is 51.6 Å². The third kappa shape index (κ3) is 5.43. The number of aryl methyl sites for hydroxylation is 2. The highest BCUT2D eigenvalue weighted by atomic mass is 127. The standard InChI is InChI=1S/C22H33N5O.HI/c1-15(2)21-17(14-27(5)25-21)13-26(4)22(23-3)24-12-19-18-9-7-6-8-16(18)10-11-20(19)28;/h10-11,14-15,28H,6-9,12-13H2,1-5H3,(H,23,24);1H. The number of benzene rings is 1. The van der Waals surface area contributed by atoms with E-state index in [1.165, 1.54) is 29.5 Å². The van der Waals surface area contributed by atoms with Crippen LogP contribution in [0.4, 0.5) is 0 Å². The van der Waals surface area contributed by atoms with Crippen LogP contribution in [0.5, 0.6) is 5.75 Å². The van der Waals surface area contributed by atoms with Gasteiger partial charge in [-0.05, 0) is 48.8 Å². The summed E-state index contributed by atoms with van der Waals surface area (Å²) in [5.41, 5.74) is 6.03. The van der Waals surface area contributed by atoms with E-state index >= 15 is 0 Å². The molecule has 0 saturated carbocycles. The summed E-state index contributed by atoms with van der Waals surface area (Å²) in [6.45, 7) is 5.65. The van der Waals surface area contributed by atoms with Gasteiger partial charge in [-0.2, -0.15) is 5.10 Å². The van der Waals surface area contributed by atoms with Crippen molar-refractivity contribution in [2.45, 2.75) is 58.5 Å². The monoisotopic (exact) mass is 511 g/mol. The number of aromatic nitrogens is 2. The Morgan fingerprint density at radius 3 is 2.72 bits per heavy atom. The number of halogens is 1. The van der Waals surface area contributed by atoms with Gasteiger partial charge in [-0.3, -0.25) is 9.67 Å². The van der Waals surface area contributed by atoms with Crippen LogP contribution in [0.3, 0.4) is 0 Å². The van der Waals surface area contributed by atoms with E-state index in [1.807, 2.05) is 24.8 Å². The Labute approximate surface area is 191 Å². The molecule has 2 aromatic rings. The van der Waals surface area contributed by atoms with Crippen molar-refractivity contribution in [1.29, 1.82) is 0 Å². The number of rotatable bonds is 5. The van der Waals surface area contributed by atoms with Crippen LogP contribution in [-0.2, 0) is 33.0 Å². The zero-order valence-corrected chi connectivity index (χ0v) is 20.5. The Balaban J connectivity index is 0.00000300. The second-order valence-corrected chi connectivity index (χ2v) is 8.03. The van der Waals surface area contributed by atoms with Gasteiger partial charge in [-0.1, -0.05) is 19.9 Å². The summed E-state index contributed by atoms with van der Waals surface area (Å²) in [7, 11) is 5.79. The van der Waals surface area contributed by atoms with Crippen LogP contribution in [0.1, 0.15) is 60.6 Å². The lowest BCUT2D eigenvalue weighted by molar-refractivity contribution is 0.456. The van der Waals surface area contributed by atoms with E-state index in [0.717, 1.165) is 36.6 Å². The van der Waals surface area contributed by atoms with Crippen LogP contribution in [-0.4, -0.2) is 39.8 Å². The smallest absolute Gasteiger partial charge is 0.193 e. The highest BCUT2D eigenvalue weighted by Gasteiger charge is 2.18. The van der Waals surface area contributed by atoms with E-state index in [4.69, 9.17) is 0 Å². The lowest BCUT2D eigenvalue weighted by Gasteiger charge is -2.25. The van der Waals surface area contributed by atoms with Crippen LogP contribution in [0.15, 0.2) is 23.3 Å². The molecule has 2 N–H and O–H groups in total. The van der Waals surface area contributed by atoms with E-state index in [-0.39, 0.29) is 24.0 Å². The summed E-state index contributed by atoms with van der Waals surface area (Å²) in [6, 6.07) is 3.91. The number of nitrogens with zero attached hydrogens (tertiary/aromatic N) is 4. The predicted octanol–water partition coefficient (Wildman–Crippen LogP) is 3.95. The topological polar surface area (TPSA) is 65.7 Å². The lowest BCUT2D eigenvalue weighted by atomic mass is 9.88. The summed E-state index contributed by atoms with van der Waals surface area (Å²) in [6.07, 6.45) is 6.66. The first-order chi connectivity index (χ1) is 13.4. The van der Waals surface area contributed by atoms with E-state index in [2.05, 4.69) is 46.4 Å². The first-order valence-corrected chi connectivity index (χ1v) is 10.2. The SMILES string of the molecule is CN=C(NCc1c(O)ccc2c1CCCC2)N(C)Cc1cn(C)nc1C(C)C.I. The molecule has 0 fully saturated rings. The summed E-state index contributed by atoms with van der Waals surface area (Å²) in [4.78, 5) is 6.55. The van der Waals surface area contributed by atoms with Gasteiger partial charge in [-0.15, -0.1) is 24.0 Å². The maximum Gasteiger partial charge on any atom is 0.193 e.